The van der Waals surface area contributed by atoms with Crippen LogP contribution >= 0.6 is 11.8 Å². The second-order valence-electron chi connectivity index (χ2n) is 4.85. The third-order valence-corrected chi connectivity index (χ3v) is 4.81. The van der Waals surface area contributed by atoms with Crippen molar-refractivity contribution < 1.29 is 9.90 Å². The van der Waals surface area contributed by atoms with Crippen LogP contribution in [-0.2, 0) is 4.79 Å². The van der Waals surface area contributed by atoms with Crippen LogP contribution in [0.2, 0.25) is 0 Å². The van der Waals surface area contributed by atoms with Crippen molar-refractivity contribution in [1.82, 2.24) is 10.2 Å². The van der Waals surface area contributed by atoms with Gasteiger partial charge in [0.1, 0.15) is 5.75 Å². The molecule has 1 aromatic heterocycles. The largest absolute Gasteiger partial charge is 0.508 e. The molecule has 6 heteroatoms. The summed E-state index contributed by atoms with van der Waals surface area (Å²) in [6.45, 7) is 3.83. The van der Waals surface area contributed by atoms with Crippen LogP contribution in [0.15, 0.2) is 24.3 Å². The van der Waals surface area contributed by atoms with Gasteiger partial charge < -0.3 is 10.4 Å². The molecular weight excluding hydrogens is 274 g/mol. The van der Waals surface area contributed by atoms with E-state index in [1.807, 2.05) is 26.0 Å². The summed E-state index contributed by atoms with van der Waals surface area (Å²) in [5.74, 6) is 0.796. The van der Waals surface area contributed by atoms with Crippen molar-refractivity contribution in [1.29, 1.82) is 0 Å². The molecule has 1 aliphatic heterocycles. The summed E-state index contributed by atoms with van der Waals surface area (Å²) in [5.41, 5.74) is 2.99. The van der Waals surface area contributed by atoms with E-state index in [2.05, 4.69) is 15.5 Å². The van der Waals surface area contributed by atoms with Crippen molar-refractivity contribution in [2.75, 3.05) is 5.32 Å². The molecule has 3 rings (SSSR count). The van der Waals surface area contributed by atoms with Gasteiger partial charge in [0.25, 0.3) is 0 Å². The minimum atomic E-state index is -0.164. The molecule has 0 unspecified atom stereocenters. The van der Waals surface area contributed by atoms with Gasteiger partial charge in [0.2, 0.25) is 5.91 Å². The Morgan fingerprint density at radius 2 is 2.00 bits per heavy atom. The maximum Gasteiger partial charge on any atom is 0.238 e. The molecule has 1 aliphatic rings. The van der Waals surface area contributed by atoms with Gasteiger partial charge in [-0.2, -0.15) is 5.10 Å². The number of carbonyl (C=O) groups excluding carboxylic acids is 1. The van der Waals surface area contributed by atoms with Crippen molar-refractivity contribution in [3.8, 4) is 5.75 Å². The Kier molecular flexibility index (Phi) is 3.17. The molecule has 2 heterocycles. The van der Waals surface area contributed by atoms with Crippen LogP contribution in [0.3, 0.4) is 0 Å². The maximum atomic E-state index is 12.0. The second kappa shape index (κ2) is 4.86. The lowest BCUT2D eigenvalue weighted by Crippen LogP contribution is -2.21. The highest BCUT2D eigenvalue weighted by Crippen LogP contribution is 2.44. The Bertz CT molecular complexity index is 651. The first kappa shape index (κ1) is 13.1. The van der Waals surface area contributed by atoms with Gasteiger partial charge >= 0.3 is 0 Å². The number of aromatic nitrogens is 2. The lowest BCUT2D eigenvalue weighted by Gasteiger charge is -2.17. The Morgan fingerprint density at radius 1 is 1.30 bits per heavy atom. The average Bonchev–Trinajstić information content (AvgIpc) is 2.71. The number of aryl methyl sites for hydroxylation is 1. The third-order valence-electron chi connectivity index (χ3n) is 3.40. The van der Waals surface area contributed by atoms with Gasteiger partial charge in [-0.3, -0.25) is 9.89 Å². The van der Waals surface area contributed by atoms with Gasteiger partial charge in [-0.05, 0) is 31.5 Å². The maximum absolute atomic E-state index is 12.0. The number of fused-ring (bicyclic) bond motifs is 1. The monoisotopic (exact) mass is 289 g/mol. The molecule has 20 heavy (non-hydrogen) atoms. The summed E-state index contributed by atoms with van der Waals surface area (Å²) in [6, 6.07) is 7.09. The molecule has 5 nitrogen and oxygen atoms in total. The third kappa shape index (κ3) is 2.16. The topological polar surface area (TPSA) is 78.0 Å². The number of phenols is 1. The van der Waals surface area contributed by atoms with Crippen molar-refractivity contribution in [2.45, 2.75) is 24.3 Å². The van der Waals surface area contributed by atoms with Crippen LogP contribution in [0.25, 0.3) is 0 Å². The normalized spacial score (nSPS) is 22.0. The zero-order valence-corrected chi connectivity index (χ0v) is 12.0. The van der Waals surface area contributed by atoms with Crippen molar-refractivity contribution in [3.63, 3.8) is 0 Å². The van der Waals surface area contributed by atoms with E-state index >= 15 is 0 Å². The standard InChI is InChI=1S/C14H15N3O2S/c1-7-11-12(9-3-5-10(18)6-4-9)20-8(2)14(19)15-13(11)17-16-7/h3-6,8,12,18H,1-2H3,(H2,15,16,17,19)/t8-,12-/m1/s1. The van der Waals surface area contributed by atoms with Crippen molar-refractivity contribution >= 4 is 23.5 Å². The Hall–Kier alpha value is -1.95. The number of hydrogen-bond acceptors (Lipinski definition) is 4. The minimum absolute atomic E-state index is 0.0123. The highest BCUT2D eigenvalue weighted by atomic mass is 32.2. The number of nitrogens with zero attached hydrogens (tertiary/aromatic N) is 1. The number of nitrogens with one attached hydrogen (secondary N) is 2. The first-order chi connectivity index (χ1) is 9.56. The van der Waals surface area contributed by atoms with Gasteiger partial charge in [-0.15, -0.1) is 11.8 Å². The smallest absolute Gasteiger partial charge is 0.238 e. The van der Waals surface area contributed by atoms with E-state index in [9.17, 15) is 9.90 Å². The van der Waals surface area contributed by atoms with E-state index in [1.54, 1.807) is 23.9 Å². The van der Waals surface area contributed by atoms with E-state index < -0.39 is 0 Å². The molecule has 0 spiro atoms. The number of amides is 1. The Morgan fingerprint density at radius 3 is 2.70 bits per heavy atom. The Balaban J connectivity index is 2.10. The molecule has 2 atom stereocenters. The van der Waals surface area contributed by atoms with Gasteiger partial charge in [0, 0.05) is 11.3 Å². The highest BCUT2D eigenvalue weighted by Gasteiger charge is 2.32. The summed E-state index contributed by atoms with van der Waals surface area (Å²) >= 11 is 1.58. The predicted molar refractivity (Wildman–Crippen MR) is 79.0 cm³/mol. The summed E-state index contributed by atoms with van der Waals surface area (Å²) in [7, 11) is 0. The van der Waals surface area contributed by atoms with E-state index in [-0.39, 0.29) is 22.2 Å². The molecule has 0 radical (unpaired) electrons. The number of phenolic OH excluding ortho intramolecular Hbond substituents is 1. The fraction of sp³-hybridized carbons (Fsp3) is 0.286. The van der Waals surface area contributed by atoms with E-state index in [0.717, 1.165) is 16.8 Å². The predicted octanol–water partition coefficient (Wildman–Crippen LogP) is 2.59. The lowest BCUT2D eigenvalue weighted by atomic mass is 10.0. The van der Waals surface area contributed by atoms with E-state index in [1.165, 1.54) is 0 Å². The fourth-order valence-corrected chi connectivity index (χ4v) is 3.63. The van der Waals surface area contributed by atoms with Crippen LogP contribution in [0, 0.1) is 6.92 Å². The molecule has 0 fully saturated rings. The minimum Gasteiger partial charge on any atom is -0.508 e. The quantitative estimate of drug-likeness (QED) is 0.754. The molecule has 0 saturated heterocycles. The van der Waals surface area contributed by atoms with Crippen LogP contribution in [0.5, 0.6) is 5.75 Å². The Labute approximate surface area is 120 Å². The first-order valence-electron chi connectivity index (χ1n) is 6.36. The van der Waals surface area contributed by atoms with Crippen LogP contribution in [-0.4, -0.2) is 26.5 Å². The zero-order valence-electron chi connectivity index (χ0n) is 11.2. The first-order valence-corrected chi connectivity index (χ1v) is 7.30. The second-order valence-corrected chi connectivity index (χ2v) is 6.30. The molecule has 0 bridgehead atoms. The molecule has 0 aliphatic carbocycles. The van der Waals surface area contributed by atoms with Crippen LogP contribution in [0.1, 0.15) is 29.0 Å². The van der Waals surface area contributed by atoms with Crippen LogP contribution < -0.4 is 5.32 Å². The summed E-state index contributed by atoms with van der Waals surface area (Å²) < 4.78 is 0. The molecule has 1 aromatic carbocycles. The molecule has 0 saturated carbocycles. The van der Waals surface area contributed by atoms with E-state index in [0.29, 0.717) is 5.82 Å². The number of H-pyrrole nitrogens is 1. The highest BCUT2D eigenvalue weighted by molar-refractivity contribution is 8.01. The van der Waals surface area contributed by atoms with Gasteiger partial charge in [-0.25, -0.2) is 0 Å². The number of anilines is 1. The summed E-state index contributed by atoms with van der Waals surface area (Å²) in [5, 5.41) is 19.2. The summed E-state index contributed by atoms with van der Waals surface area (Å²) in [6.07, 6.45) is 0. The lowest BCUT2D eigenvalue weighted by molar-refractivity contribution is -0.115. The molecule has 2 aromatic rings. The number of hydrogen-bond donors (Lipinski definition) is 3. The summed E-state index contributed by atoms with van der Waals surface area (Å²) in [4.78, 5) is 12.0. The van der Waals surface area contributed by atoms with Crippen molar-refractivity contribution in [3.05, 3.63) is 41.1 Å². The number of thioether (sulfide) groups is 1. The van der Waals surface area contributed by atoms with Gasteiger partial charge in [0.15, 0.2) is 5.82 Å². The molecule has 104 valence electrons. The van der Waals surface area contributed by atoms with Crippen molar-refractivity contribution in [2.24, 2.45) is 0 Å². The molecule has 1 amide bonds. The zero-order chi connectivity index (χ0) is 14.3. The van der Waals surface area contributed by atoms with E-state index in [4.69, 9.17) is 0 Å². The number of carbonyl (C=O) groups is 1. The fourth-order valence-electron chi connectivity index (χ4n) is 2.30. The molecular formula is C14H15N3O2S. The SMILES string of the molecule is Cc1[nH]nc2c1[C@@H](c1ccc(O)cc1)S[C@H](C)C(=O)N2. The average molecular weight is 289 g/mol. The number of rotatable bonds is 1. The van der Waals surface area contributed by atoms with Gasteiger partial charge in [-0.1, -0.05) is 12.1 Å². The molecule has 3 N–H and O–H groups in total. The number of aromatic amines is 1. The van der Waals surface area contributed by atoms with Crippen LogP contribution in [0.4, 0.5) is 5.82 Å². The number of aromatic hydroxyl groups is 1. The number of benzene rings is 1. The van der Waals surface area contributed by atoms with Gasteiger partial charge in [0.05, 0.1) is 10.5 Å².